The number of nitrogens with zero attached hydrogens (tertiary/aromatic N) is 1. The zero-order valence-corrected chi connectivity index (χ0v) is 13.9. The summed E-state index contributed by atoms with van der Waals surface area (Å²) in [7, 11) is -3.53. The van der Waals surface area contributed by atoms with Crippen molar-refractivity contribution in [1.82, 2.24) is 14.8 Å². The van der Waals surface area contributed by atoms with Crippen LogP contribution in [0.4, 0.5) is 0 Å². The Morgan fingerprint density at radius 1 is 1.21 bits per heavy atom. The fraction of sp³-hybridized carbons (Fsp3) is 0.312. The quantitative estimate of drug-likeness (QED) is 0.776. The van der Waals surface area contributed by atoms with Gasteiger partial charge >= 0.3 is 0 Å². The van der Waals surface area contributed by atoms with Gasteiger partial charge in [0.05, 0.1) is 6.61 Å². The number of H-pyrrole nitrogens is 1. The van der Waals surface area contributed by atoms with E-state index in [1.54, 1.807) is 0 Å². The molecule has 1 aromatic heterocycles. The molecule has 1 aliphatic rings. The van der Waals surface area contributed by atoms with Crippen LogP contribution in [0.3, 0.4) is 0 Å². The summed E-state index contributed by atoms with van der Waals surface area (Å²) in [6.07, 6.45) is 3.06. The van der Waals surface area contributed by atoms with Crippen LogP contribution in [0.15, 0.2) is 47.5 Å². The molecule has 0 saturated carbocycles. The van der Waals surface area contributed by atoms with Gasteiger partial charge in [-0.1, -0.05) is 30.3 Å². The van der Waals surface area contributed by atoms with Gasteiger partial charge in [-0.05, 0) is 24.5 Å². The average Bonchev–Trinajstić information content (AvgIpc) is 3.28. The highest BCUT2D eigenvalue weighted by Gasteiger charge is 2.28. The molecule has 3 rings (SSSR count). The summed E-state index contributed by atoms with van der Waals surface area (Å²) in [5, 5.41) is 0. The molecule has 128 valence electrons. The van der Waals surface area contributed by atoms with Crippen molar-refractivity contribution in [2.75, 3.05) is 13.1 Å². The number of benzene rings is 1. The molecule has 2 aromatic rings. The Balaban J connectivity index is 1.59. The molecule has 2 N–H and O–H groups in total. The van der Waals surface area contributed by atoms with Crippen LogP contribution in [0.1, 0.15) is 28.9 Å². The summed E-state index contributed by atoms with van der Waals surface area (Å²) in [5.41, 5.74) is 3.36. The number of sulfonamides is 1. The molecule has 1 fully saturated rings. The molecule has 0 bridgehead atoms. The lowest BCUT2D eigenvalue weighted by Crippen LogP contribution is -2.27. The average molecular weight is 349 g/mol. The van der Waals surface area contributed by atoms with Crippen LogP contribution in [0, 0.1) is 0 Å². The standard InChI is InChI=1S/C16H19N3O4S/c20-16(18-23-12-13-6-2-1-3-7-13)15-10-14(11-17-15)24(21,22)19-8-4-5-9-19/h1-3,6-7,10-11,17H,4-5,8-9,12H2,(H,18,20). The summed E-state index contributed by atoms with van der Waals surface area (Å²) in [6.45, 7) is 1.27. The van der Waals surface area contributed by atoms with E-state index in [1.807, 2.05) is 30.3 Å². The summed E-state index contributed by atoms with van der Waals surface area (Å²) < 4.78 is 26.3. The van der Waals surface area contributed by atoms with Crippen LogP contribution in [-0.2, 0) is 21.5 Å². The van der Waals surface area contributed by atoms with Gasteiger partial charge in [0, 0.05) is 19.3 Å². The van der Waals surface area contributed by atoms with Crippen LogP contribution in [0.5, 0.6) is 0 Å². The molecule has 2 heterocycles. The van der Waals surface area contributed by atoms with E-state index >= 15 is 0 Å². The summed E-state index contributed by atoms with van der Waals surface area (Å²) in [6, 6.07) is 10.7. The van der Waals surface area contributed by atoms with E-state index in [-0.39, 0.29) is 17.2 Å². The maximum Gasteiger partial charge on any atom is 0.291 e. The zero-order chi connectivity index (χ0) is 17.0. The minimum absolute atomic E-state index is 0.0950. The van der Waals surface area contributed by atoms with Gasteiger partial charge in [-0.3, -0.25) is 9.63 Å². The molecular weight excluding hydrogens is 330 g/mol. The summed E-state index contributed by atoms with van der Waals surface area (Å²) >= 11 is 0. The molecule has 24 heavy (non-hydrogen) atoms. The molecule has 1 saturated heterocycles. The highest BCUT2D eigenvalue weighted by Crippen LogP contribution is 2.21. The summed E-state index contributed by atoms with van der Waals surface area (Å²) in [5.74, 6) is -0.520. The Hall–Kier alpha value is -2.16. The monoisotopic (exact) mass is 349 g/mol. The second-order valence-corrected chi connectivity index (χ2v) is 7.50. The number of hydroxylamine groups is 1. The molecule has 0 spiro atoms. The van der Waals surface area contributed by atoms with Crippen LogP contribution in [0.2, 0.25) is 0 Å². The van der Waals surface area contributed by atoms with Gasteiger partial charge in [-0.15, -0.1) is 0 Å². The van der Waals surface area contributed by atoms with Crippen molar-refractivity contribution in [2.45, 2.75) is 24.3 Å². The topological polar surface area (TPSA) is 91.5 Å². The van der Waals surface area contributed by atoms with Gasteiger partial charge in [-0.2, -0.15) is 4.31 Å². The molecule has 1 amide bonds. The first kappa shape index (κ1) is 16.7. The van der Waals surface area contributed by atoms with Crippen LogP contribution in [-0.4, -0.2) is 36.7 Å². The Kier molecular flexibility index (Phi) is 4.98. The third-order valence-electron chi connectivity index (χ3n) is 3.85. The van der Waals surface area contributed by atoms with Gasteiger partial charge < -0.3 is 4.98 Å². The van der Waals surface area contributed by atoms with Crippen molar-refractivity contribution in [3.8, 4) is 0 Å². The van der Waals surface area contributed by atoms with Crippen LogP contribution < -0.4 is 5.48 Å². The number of amides is 1. The predicted molar refractivity (Wildman–Crippen MR) is 87.5 cm³/mol. The van der Waals surface area contributed by atoms with E-state index < -0.39 is 15.9 Å². The third-order valence-corrected chi connectivity index (χ3v) is 5.73. The van der Waals surface area contributed by atoms with Gasteiger partial charge in [0.1, 0.15) is 10.6 Å². The largest absolute Gasteiger partial charge is 0.356 e. The zero-order valence-electron chi connectivity index (χ0n) is 13.1. The first-order valence-corrected chi connectivity index (χ1v) is 9.16. The lowest BCUT2D eigenvalue weighted by Gasteiger charge is -2.13. The van der Waals surface area contributed by atoms with Gasteiger partial charge in [0.25, 0.3) is 5.91 Å². The number of nitrogens with one attached hydrogen (secondary N) is 2. The van der Waals surface area contributed by atoms with E-state index in [0.717, 1.165) is 18.4 Å². The first-order valence-electron chi connectivity index (χ1n) is 7.72. The molecule has 0 unspecified atom stereocenters. The highest BCUT2D eigenvalue weighted by atomic mass is 32.2. The third kappa shape index (κ3) is 3.66. The predicted octanol–water partition coefficient (Wildman–Crippen LogP) is 1.66. The van der Waals surface area contributed by atoms with Crippen molar-refractivity contribution in [2.24, 2.45) is 0 Å². The lowest BCUT2D eigenvalue weighted by atomic mass is 10.2. The van der Waals surface area contributed by atoms with Crippen molar-refractivity contribution in [3.63, 3.8) is 0 Å². The van der Waals surface area contributed by atoms with Gasteiger partial charge in [-0.25, -0.2) is 13.9 Å². The Morgan fingerprint density at radius 2 is 1.92 bits per heavy atom. The lowest BCUT2D eigenvalue weighted by molar-refractivity contribution is 0.0230. The fourth-order valence-corrected chi connectivity index (χ4v) is 4.06. The van der Waals surface area contributed by atoms with E-state index in [2.05, 4.69) is 10.5 Å². The number of carbonyl (C=O) groups is 1. The minimum atomic E-state index is -3.53. The molecule has 7 nitrogen and oxygen atoms in total. The minimum Gasteiger partial charge on any atom is -0.356 e. The van der Waals surface area contributed by atoms with Crippen LogP contribution >= 0.6 is 0 Å². The highest BCUT2D eigenvalue weighted by molar-refractivity contribution is 7.89. The molecule has 0 atom stereocenters. The molecular formula is C16H19N3O4S. The first-order chi connectivity index (χ1) is 11.6. The molecule has 1 aromatic carbocycles. The number of aromatic amines is 1. The maximum atomic E-state index is 12.4. The number of hydrogen-bond acceptors (Lipinski definition) is 4. The van der Waals surface area contributed by atoms with Gasteiger partial charge in [0.2, 0.25) is 10.0 Å². The molecule has 0 radical (unpaired) electrons. The number of aromatic nitrogens is 1. The normalized spacial score (nSPS) is 15.5. The second-order valence-electron chi connectivity index (χ2n) is 5.57. The van der Waals surface area contributed by atoms with E-state index in [9.17, 15) is 13.2 Å². The maximum absolute atomic E-state index is 12.4. The van der Waals surface area contributed by atoms with E-state index in [0.29, 0.717) is 13.1 Å². The SMILES string of the molecule is O=C(NOCc1ccccc1)c1cc(S(=O)(=O)N2CCCC2)c[nH]1. The second kappa shape index (κ2) is 7.16. The number of hydrogen-bond donors (Lipinski definition) is 2. The van der Waals surface area contributed by atoms with E-state index in [4.69, 9.17) is 4.84 Å². The number of carbonyl (C=O) groups excluding carboxylic acids is 1. The Labute approximate surface area is 140 Å². The van der Waals surface area contributed by atoms with Gasteiger partial charge in [0.15, 0.2) is 0 Å². The molecule has 8 heteroatoms. The molecule has 1 aliphatic heterocycles. The summed E-state index contributed by atoms with van der Waals surface area (Å²) in [4.78, 5) is 20.0. The van der Waals surface area contributed by atoms with Crippen molar-refractivity contribution >= 4 is 15.9 Å². The van der Waals surface area contributed by atoms with Crippen LogP contribution in [0.25, 0.3) is 0 Å². The van der Waals surface area contributed by atoms with E-state index in [1.165, 1.54) is 16.6 Å². The van der Waals surface area contributed by atoms with Crippen molar-refractivity contribution < 1.29 is 18.0 Å². The van der Waals surface area contributed by atoms with Crippen molar-refractivity contribution in [1.29, 1.82) is 0 Å². The van der Waals surface area contributed by atoms with Crippen molar-refractivity contribution in [3.05, 3.63) is 53.9 Å². The Morgan fingerprint density at radius 3 is 2.62 bits per heavy atom. The fourth-order valence-electron chi connectivity index (χ4n) is 2.55. The number of rotatable bonds is 6. The smallest absolute Gasteiger partial charge is 0.291 e. The molecule has 0 aliphatic carbocycles. The Bertz CT molecular complexity index is 796.